The zero-order valence-corrected chi connectivity index (χ0v) is 12.5. The summed E-state index contributed by atoms with van der Waals surface area (Å²) in [5.74, 6) is 0. The lowest BCUT2D eigenvalue weighted by Gasteiger charge is -2.35. The van der Waals surface area contributed by atoms with Gasteiger partial charge in [0, 0.05) is 12.2 Å². The maximum Gasteiger partial charge on any atom is 0.0746 e. The summed E-state index contributed by atoms with van der Waals surface area (Å²) < 4.78 is 0. The van der Waals surface area contributed by atoms with Gasteiger partial charge in [-0.1, -0.05) is 39.3 Å². The molecule has 0 atom stereocenters. The lowest BCUT2D eigenvalue weighted by molar-refractivity contribution is 0.233. The molecule has 2 nitrogen and oxygen atoms in total. The Kier molecular flexibility index (Phi) is 3.58. The molecule has 0 heterocycles. The van der Waals surface area contributed by atoms with Crippen molar-refractivity contribution in [3.8, 4) is 6.07 Å². The Morgan fingerprint density at radius 2 is 2.00 bits per heavy atom. The first kappa shape index (κ1) is 13.9. The fourth-order valence-electron chi connectivity index (χ4n) is 2.52. The maximum atomic E-state index is 9.24. The van der Waals surface area contributed by atoms with Crippen LogP contribution in [0.25, 0.3) is 0 Å². The lowest BCUT2D eigenvalue weighted by atomic mass is 9.70. The van der Waals surface area contributed by atoms with Gasteiger partial charge in [-0.15, -0.1) is 0 Å². The van der Waals surface area contributed by atoms with Crippen LogP contribution in [0.15, 0.2) is 18.2 Å². The second-order valence-electron chi connectivity index (χ2n) is 6.88. The Labute approximate surface area is 116 Å². The topological polar surface area (TPSA) is 35.8 Å². The summed E-state index contributed by atoms with van der Waals surface area (Å²) in [4.78, 5) is 0. The van der Waals surface area contributed by atoms with Gasteiger partial charge in [0.1, 0.15) is 0 Å². The zero-order chi connectivity index (χ0) is 14.1. The largest absolute Gasteiger partial charge is 0.383 e. The number of nitrogens with zero attached hydrogens (tertiary/aromatic N) is 1. The third-order valence-electron chi connectivity index (χ3n) is 4.26. The molecular weight excluding hydrogens is 232 g/mol. The van der Waals surface area contributed by atoms with Crippen molar-refractivity contribution in [1.82, 2.24) is 0 Å². The molecule has 1 aliphatic rings. The molecule has 0 bridgehead atoms. The first-order chi connectivity index (χ1) is 8.86. The summed E-state index contributed by atoms with van der Waals surface area (Å²) in [6.07, 6.45) is 3.27. The Hall–Kier alpha value is -1.49. The molecule has 1 N–H and O–H groups in total. The van der Waals surface area contributed by atoms with Crippen LogP contribution >= 0.6 is 0 Å². The van der Waals surface area contributed by atoms with Crippen LogP contribution in [0.1, 0.15) is 51.2 Å². The van der Waals surface area contributed by atoms with Crippen molar-refractivity contribution >= 4 is 5.69 Å². The van der Waals surface area contributed by atoms with E-state index in [1.54, 1.807) is 0 Å². The molecule has 1 aliphatic carbocycles. The van der Waals surface area contributed by atoms with Crippen molar-refractivity contribution in [1.29, 1.82) is 5.26 Å². The maximum absolute atomic E-state index is 9.24. The highest BCUT2D eigenvalue weighted by Crippen LogP contribution is 2.40. The molecule has 19 heavy (non-hydrogen) atoms. The van der Waals surface area contributed by atoms with Crippen molar-refractivity contribution in [2.45, 2.75) is 52.4 Å². The molecule has 2 heteroatoms. The Morgan fingerprint density at radius 1 is 1.32 bits per heavy atom. The van der Waals surface area contributed by atoms with E-state index < -0.39 is 0 Å². The predicted octanol–water partition coefficient (Wildman–Crippen LogP) is 4.40. The molecule has 0 aromatic heterocycles. The summed E-state index contributed by atoms with van der Waals surface area (Å²) in [6, 6.07) is 9.07. The molecule has 0 aliphatic heterocycles. The second-order valence-corrected chi connectivity index (χ2v) is 6.88. The third-order valence-corrected chi connectivity index (χ3v) is 4.26. The van der Waals surface area contributed by atoms with Crippen LogP contribution in [0, 0.1) is 23.7 Å². The number of rotatable bonds is 3. The summed E-state index contributed by atoms with van der Waals surface area (Å²) >= 11 is 0. The highest BCUT2D eigenvalue weighted by Gasteiger charge is 2.36. The molecule has 2 rings (SSSR count). The number of anilines is 1. The first-order valence-corrected chi connectivity index (χ1v) is 7.13. The fraction of sp³-hybridized carbons (Fsp3) is 0.588. The van der Waals surface area contributed by atoms with E-state index in [-0.39, 0.29) is 10.8 Å². The Morgan fingerprint density at radius 3 is 2.42 bits per heavy atom. The normalized spacial score (nSPS) is 17.4. The van der Waals surface area contributed by atoms with Crippen molar-refractivity contribution in [2.75, 3.05) is 11.9 Å². The smallest absolute Gasteiger partial charge is 0.0746 e. The Bertz CT molecular complexity index is 499. The van der Waals surface area contributed by atoms with Gasteiger partial charge >= 0.3 is 0 Å². The predicted molar refractivity (Wildman–Crippen MR) is 80.3 cm³/mol. The molecule has 102 valence electrons. The minimum Gasteiger partial charge on any atom is -0.383 e. The number of aryl methyl sites for hydroxylation is 1. The van der Waals surface area contributed by atoms with Gasteiger partial charge < -0.3 is 5.32 Å². The number of hydrogen-bond acceptors (Lipinski definition) is 2. The van der Waals surface area contributed by atoms with E-state index in [9.17, 15) is 5.26 Å². The molecule has 1 saturated carbocycles. The minimum absolute atomic E-state index is 0.116. The van der Waals surface area contributed by atoms with Crippen LogP contribution in [0.2, 0.25) is 0 Å². The van der Waals surface area contributed by atoms with Gasteiger partial charge in [0.05, 0.1) is 11.5 Å². The number of nitriles is 1. The van der Waals surface area contributed by atoms with Gasteiger partial charge in [0.2, 0.25) is 0 Å². The molecular formula is C17H24N2. The molecule has 0 radical (unpaired) electrons. The standard InChI is InChI=1S/C17H24N2/c1-13-10-14(16(2,3)4)6-7-15(13)19-12-17(11-18)8-5-9-17/h6-7,10,19H,5,8-9,12H2,1-4H3. The zero-order valence-electron chi connectivity index (χ0n) is 12.5. The minimum atomic E-state index is -0.116. The van der Waals surface area contributed by atoms with E-state index in [1.807, 2.05) is 0 Å². The van der Waals surface area contributed by atoms with Crippen LogP contribution in [-0.2, 0) is 5.41 Å². The molecule has 0 spiro atoms. The van der Waals surface area contributed by atoms with Crippen molar-refractivity contribution in [2.24, 2.45) is 5.41 Å². The van der Waals surface area contributed by atoms with E-state index in [0.717, 1.165) is 25.1 Å². The van der Waals surface area contributed by atoms with E-state index in [4.69, 9.17) is 0 Å². The fourth-order valence-corrected chi connectivity index (χ4v) is 2.52. The third kappa shape index (κ3) is 2.92. The van der Waals surface area contributed by atoms with Crippen LogP contribution in [0.5, 0.6) is 0 Å². The van der Waals surface area contributed by atoms with Crippen LogP contribution < -0.4 is 5.32 Å². The van der Waals surface area contributed by atoms with Crippen molar-refractivity contribution in [3.05, 3.63) is 29.3 Å². The van der Waals surface area contributed by atoms with E-state index in [0.29, 0.717) is 0 Å². The molecule has 1 fully saturated rings. The van der Waals surface area contributed by atoms with Gasteiger partial charge in [-0.2, -0.15) is 5.26 Å². The van der Waals surface area contributed by atoms with Gasteiger partial charge in [-0.05, 0) is 42.4 Å². The van der Waals surface area contributed by atoms with E-state index in [1.165, 1.54) is 17.5 Å². The lowest BCUT2D eigenvalue weighted by Crippen LogP contribution is -2.35. The van der Waals surface area contributed by atoms with Crippen LogP contribution in [-0.4, -0.2) is 6.54 Å². The number of nitrogens with one attached hydrogen (secondary N) is 1. The average Bonchev–Trinajstić information content (AvgIpc) is 2.28. The Balaban J connectivity index is 2.08. The highest BCUT2D eigenvalue weighted by molar-refractivity contribution is 5.53. The van der Waals surface area contributed by atoms with E-state index in [2.05, 4.69) is 57.3 Å². The number of hydrogen-bond donors (Lipinski definition) is 1. The SMILES string of the molecule is Cc1cc(C(C)(C)C)ccc1NCC1(C#N)CCC1. The monoisotopic (exact) mass is 256 g/mol. The second kappa shape index (κ2) is 4.89. The quantitative estimate of drug-likeness (QED) is 0.870. The summed E-state index contributed by atoms with van der Waals surface area (Å²) in [5, 5.41) is 12.7. The average molecular weight is 256 g/mol. The van der Waals surface area contributed by atoms with Gasteiger partial charge in [0.25, 0.3) is 0 Å². The van der Waals surface area contributed by atoms with Gasteiger partial charge in [-0.25, -0.2) is 0 Å². The highest BCUT2D eigenvalue weighted by atomic mass is 14.9. The summed E-state index contributed by atoms with van der Waals surface area (Å²) in [6.45, 7) is 9.60. The summed E-state index contributed by atoms with van der Waals surface area (Å²) in [7, 11) is 0. The van der Waals surface area contributed by atoms with Gasteiger partial charge in [0.15, 0.2) is 0 Å². The van der Waals surface area contributed by atoms with Crippen LogP contribution in [0.4, 0.5) is 5.69 Å². The molecule has 0 saturated heterocycles. The molecule has 0 unspecified atom stereocenters. The van der Waals surface area contributed by atoms with Gasteiger partial charge in [-0.3, -0.25) is 0 Å². The van der Waals surface area contributed by atoms with Crippen molar-refractivity contribution < 1.29 is 0 Å². The van der Waals surface area contributed by atoms with Crippen LogP contribution in [0.3, 0.4) is 0 Å². The first-order valence-electron chi connectivity index (χ1n) is 7.13. The van der Waals surface area contributed by atoms with Crippen molar-refractivity contribution in [3.63, 3.8) is 0 Å². The molecule has 0 amide bonds. The summed E-state index contributed by atoms with van der Waals surface area (Å²) in [5.41, 5.74) is 3.85. The number of benzene rings is 1. The molecule has 1 aromatic rings. The molecule has 1 aromatic carbocycles. The van der Waals surface area contributed by atoms with E-state index >= 15 is 0 Å².